The Balaban J connectivity index is 1.37. The number of rotatable bonds is 6. The second-order valence-electron chi connectivity index (χ2n) is 7.96. The van der Waals surface area contributed by atoms with Crippen molar-refractivity contribution in [3.8, 4) is 11.3 Å². The average molecular weight is 540 g/mol. The van der Waals surface area contributed by atoms with E-state index in [0.717, 1.165) is 23.5 Å². The topological polar surface area (TPSA) is 97.3 Å². The minimum Gasteiger partial charge on any atom is -0.466 e. The van der Waals surface area contributed by atoms with Crippen LogP contribution in [0.4, 0.5) is 24.1 Å². The highest BCUT2D eigenvalue weighted by Crippen LogP contribution is 2.37. The standard InChI is InChI=1S/C23H21ClF3N5O3S/c1-2-35-21(34)13-5-7-32(8-6-13)19-11-28-17(10-29-19)20(33)31-22-30-18(12-36-22)14-3-4-16(24)15(9-14)23(25,26)27/h3-4,9-13H,2,5-8H2,1H3,(H,30,31,33). The fraction of sp³-hybridized carbons (Fsp3) is 0.348. The zero-order chi connectivity index (χ0) is 25.9. The first-order valence-corrected chi connectivity index (χ1v) is 12.3. The molecule has 1 aromatic carbocycles. The van der Waals surface area contributed by atoms with Crippen molar-refractivity contribution in [1.82, 2.24) is 15.0 Å². The Hall–Kier alpha value is -3.25. The lowest BCUT2D eigenvalue weighted by molar-refractivity contribution is -0.148. The van der Waals surface area contributed by atoms with Crippen LogP contribution in [0.3, 0.4) is 0 Å². The molecular formula is C23H21ClF3N5O3S. The zero-order valence-corrected chi connectivity index (χ0v) is 20.6. The summed E-state index contributed by atoms with van der Waals surface area (Å²) in [7, 11) is 0. The number of benzene rings is 1. The van der Waals surface area contributed by atoms with Crippen molar-refractivity contribution >= 4 is 45.8 Å². The minimum atomic E-state index is -4.60. The maximum atomic E-state index is 13.1. The van der Waals surface area contributed by atoms with Gasteiger partial charge in [0.05, 0.1) is 41.2 Å². The molecule has 190 valence electrons. The van der Waals surface area contributed by atoms with Gasteiger partial charge in [0, 0.05) is 24.0 Å². The van der Waals surface area contributed by atoms with Crippen LogP contribution >= 0.6 is 22.9 Å². The first kappa shape index (κ1) is 25.8. The number of nitrogens with zero attached hydrogens (tertiary/aromatic N) is 4. The highest BCUT2D eigenvalue weighted by molar-refractivity contribution is 7.14. The van der Waals surface area contributed by atoms with Crippen molar-refractivity contribution in [2.75, 3.05) is 29.9 Å². The third-order valence-corrected chi connectivity index (χ3v) is 6.69. The predicted octanol–water partition coefficient (Wildman–Crippen LogP) is 5.30. The highest BCUT2D eigenvalue weighted by atomic mass is 35.5. The molecule has 1 fully saturated rings. The van der Waals surface area contributed by atoms with Crippen molar-refractivity contribution < 1.29 is 27.5 Å². The number of hydrogen-bond donors (Lipinski definition) is 1. The van der Waals surface area contributed by atoms with Crippen LogP contribution in [0.15, 0.2) is 36.0 Å². The molecule has 3 aromatic rings. The molecule has 13 heteroatoms. The summed E-state index contributed by atoms with van der Waals surface area (Å²) in [6, 6.07) is 3.51. The van der Waals surface area contributed by atoms with Crippen LogP contribution in [0, 0.1) is 5.92 Å². The van der Waals surface area contributed by atoms with Crippen LogP contribution in [-0.2, 0) is 15.7 Å². The maximum Gasteiger partial charge on any atom is 0.417 e. The Kier molecular flexibility index (Phi) is 7.74. The van der Waals surface area contributed by atoms with Gasteiger partial charge in [-0.05, 0) is 31.9 Å². The summed E-state index contributed by atoms with van der Waals surface area (Å²) in [6.45, 7) is 3.37. The van der Waals surface area contributed by atoms with Crippen LogP contribution in [0.2, 0.25) is 5.02 Å². The molecule has 1 N–H and O–H groups in total. The summed E-state index contributed by atoms with van der Waals surface area (Å²) < 4.78 is 44.5. The quantitative estimate of drug-likeness (QED) is 0.424. The van der Waals surface area contributed by atoms with E-state index >= 15 is 0 Å². The lowest BCUT2D eigenvalue weighted by Crippen LogP contribution is -2.37. The maximum absolute atomic E-state index is 13.1. The summed E-state index contributed by atoms with van der Waals surface area (Å²) in [4.78, 5) is 39.2. The molecule has 0 radical (unpaired) electrons. The SMILES string of the molecule is CCOC(=O)C1CCN(c2cnc(C(=O)Nc3nc(-c4ccc(Cl)c(C(F)(F)F)c4)cs3)cn2)CC1. The molecule has 0 bridgehead atoms. The molecule has 0 spiro atoms. The Morgan fingerprint density at radius 3 is 2.61 bits per heavy atom. The van der Waals surface area contributed by atoms with Crippen molar-refractivity contribution in [3.63, 3.8) is 0 Å². The molecular weight excluding hydrogens is 519 g/mol. The Morgan fingerprint density at radius 2 is 1.97 bits per heavy atom. The first-order chi connectivity index (χ1) is 17.2. The van der Waals surface area contributed by atoms with Crippen LogP contribution < -0.4 is 10.2 Å². The van der Waals surface area contributed by atoms with Crippen LogP contribution in [-0.4, -0.2) is 46.5 Å². The molecule has 2 aromatic heterocycles. The lowest BCUT2D eigenvalue weighted by Gasteiger charge is -2.31. The molecule has 4 rings (SSSR count). The van der Waals surface area contributed by atoms with Crippen molar-refractivity contribution in [1.29, 1.82) is 0 Å². The summed E-state index contributed by atoms with van der Waals surface area (Å²) in [5, 5.41) is 3.92. The second kappa shape index (κ2) is 10.8. The number of ether oxygens (including phenoxy) is 1. The van der Waals surface area contributed by atoms with E-state index in [1.807, 2.05) is 4.90 Å². The molecule has 1 aliphatic rings. The summed E-state index contributed by atoms with van der Waals surface area (Å²) in [5.41, 5.74) is -0.409. The molecule has 0 aliphatic carbocycles. The van der Waals surface area contributed by atoms with Gasteiger partial charge in [0.2, 0.25) is 0 Å². The number of aromatic nitrogens is 3. The normalized spacial score (nSPS) is 14.5. The number of hydrogen-bond acceptors (Lipinski definition) is 8. The predicted molar refractivity (Wildman–Crippen MR) is 129 cm³/mol. The molecule has 36 heavy (non-hydrogen) atoms. The fourth-order valence-electron chi connectivity index (χ4n) is 3.73. The van der Waals surface area contributed by atoms with Gasteiger partial charge < -0.3 is 9.64 Å². The van der Waals surface area contributed by atoms with E-state index in [0.29, 0.717) is 38.4 Å². The van der Waals surface area contributed by atoms with E-state index < -0.39 is 22.7 Å². The van der Waals surface area contributed by atoms with E-state index in [9.17, 15) is 22.8 Å². The van der Waals surface area contributed by atoms with Crippen LogP contribution in [0.5, 0.6) is 0 Å². The molecule has 1 aliphatic heterocycles. The number of esters is 1. The van der Waals surface area contributed by atoms with Gasteiger partial charge in [-0.1, -0.05) is 17.7 Å². The second-order valence-corrected chi connectivity index (χ2v) is 9.22. The molecule has 8 nitrogen and oxygen atoms in total. The molecule has 0 unspecified atom stereocenters. The Labute approximate surface area is 213 Å². The smallest absolute Gasteiger partial charge is 0.417 e. The molecule has 1 amide bonds. The number of halogens is 4. The van der Waals surface area contributed by atoms with Gasteiger partial charge in [-0.25, -0.2) is 15.0 Å². The molecule has 1 saturated heterocycles. The van der Waals surface area contributed by atoms with Gasteiger partial charge in [0.25, 0.3) is 5.91 Å². The van der Waals surface area contributed by atoms with Crippen molar-refractivity contribution in [2.45, 2.75) is 25.9 Å². The van der Waals surface area contributed by atoms with Gasteiger partial charge in [-0.3, -0.25) is 14.9 Å². The van der Waals surface area contributed by atoms with Crippen molar-refractivity contribution in [2.24, 2.45) is 5.92 Å². The van der Waals surface area contributed by atoms with E-state index in [1.165, 1.54) is 23.8 Å². The van der Waals surface area contributed by atoms with Gasteiger partial charge in [0.15, 0.2) is 5.13 Å². The largest absolute Gasteiger partial charge is 0.466 e. The number of carbonyl (C=O) groups excluding carboxylic acids is 2. The van der Waals surface area contributed by atoms with Crippen LogP contribution in [0.25, 0.3) is 11.3 Å². The van der Waals surface area contributed by atoms with Crippen LogP contribution in [0.1, 0.15) is 35.8 Å². The molecule has 0 atom stereocenters. The average Bonchev–Trinajstić information content (AvgIpc) is 3.32. The number of amides is 1. The first-order valence-electron chi connectivity index (χ1n) is 11.0. The van der Waals surface area contributed by atoms with E-state index in [1.54, 1.807) is 6.92 Å². The minimum absolute atomic E-state index is 0.0581. The number of piperidine rings is 1. The third-order valence-electron chi connectivity index (χ3n) is 5.60. The summed E-state index contributed by atoms with van der Waals surface area (Å²) >= 11 is 6.74. The molecule has 0 saturated carbocycles. The zero-order valence-electron chi connectivity index (χ0n) is 19.0. The van der Waals surface area contributed by atoms with Gasteiger partial charge in [0.1, 0.15) is 11.5 Å². The Morgan fingerprint density at radius 1 is 1.22 bits per heavy atom. The summed E-state index contributed by atoms with van der Waals surface area (Å²) in [5.74, 6) is -0.274. The number of alkyl halides is 3. The highest BCUT2D eigenvalue weighted by Gasteiger charge is 2.33. The third kappa shape index (κ3) is 5.93. The van der Waals surface area contributed by atoms with E-state index in [2.05, 4.69) is 20.3 Å². The van der Waals surface area contributed by atoms with Gasteiger partial charge in [-0.2, -0.15) is 13.2 Å². The van der Waals surface area contributed by atoms with Crippen molar-refractivity contribution in [3.05, 3.63) is 52.3 Å². The molecule has 3 heterocycles. The number of carbonyl (C=O) groups is 2. The monoisotopic (exact) mass is 539 g/mol. The van der Waals surface area contributed by atoms with E-state index in [4.69, 9.17) is 16.3 Å². The number of thiazole rings is 1. The van der Waals surface area contributed by atoms with Gasteiger partial charge in [-0.15, -0.1) is 11.3 Å². The lowest BCUT2D eigenvalue weighted by atomic mass is 9.97. The fourth-order valence-corrected chi connectivity index (χ4v) is 4.67. The van der Waals surface area contributed by atoms with Gasteiger partial charge >= 0.3 is 12.1 Å². The summed E-state index contributed by atoms with van der Waals surface area (Å²) in [6.07, 6.45) is -0.479. The number of nitrogens with one attached hydrogen (secondary N) is 1. The Bertz CT molecular complexity index is 1240. The number of anilines is 2. The van der Waals surface area contributed by atoms with E-state index in [-0.39, 0.29) is 34.0 Å².